The second-order valence-electron chi connectivity index (χ2n) is 4.71. The topological polar surface area (TPSA) is 54.9 Å². The van der Waals surface area contributed by atoms with E-state index >= 15 is 0 Å². The van der Waals surface area contributed by atoms with Gasteiger partial charge < -0.3 is 5.32 Å². The summed E-state index contributed by atoms with van der Waals surface area (Å²) in [5.74, 6) is 4.63. The molecule has 0 bridgehead atoms. The normalized spacial score (nSPS) is 9.96. The summed E-state index contributed by atoms with van der Waals surface area (Å²) in [6, 6.07) is 13.5. The fraction of sp³-hybridized carbons (Fsp3) is 0.0556. The van der Waals surface area contributed by atoms with Crippen LogP contribution in [-0.2, 0) is 0 Å². The smallest absolute Gasteiger partial charge is 0.272 e. The van der Waals surface area contributed by atoms with E-state index in [2.05, 4.69) is 27.1 Å². The number of para-hydroxylation sites is 2. The number of amides is 1. The fourth-order valence-electron chi connectivity index (χ4n) is 1.98. The molecule has 0 atom stereocenters. The van der Waals surface area contributed by atoms with Gasteiger partial charge in [0.05, 0.1) is 29.3 Å². The van der Waals surface area contributed by atoms with Gasteiger partial charge in [-0.15, -0.1) is 0 Å². The first-order valence-corrected chi connectivity index (χ1v) is 6.97. The van der Waals surface area contributed by atoms with Gasteiger partial charge in [0.2, 0.25) is 0 Å². The number of fused-ring (bicyclic) bond motifs is 1. The van der Waals surface area contributed by atoms with E-state index in [0.717, 1.165) is 5.52 Å². The molecule has 2 aromatic carbocycles. The number of benzene rings is 2. The van der Waals surface area contributed by atoms with Crippen molar-refractivity contribution in [2.24, 2.45) is 0 Å². The van der Waals surface area contributed by atoms with Crippen LogP contribution in [0, 0.1) is 17.7 Å². The van der Waals surface area contributed by atoms with Crippen LogP contribution < -0.4 is 5.32 Å². The Labute approximate surface area is 132 Å². The lowest BCUT2D eigenvalue weighted by Gasteiger charge is -2.02. The van der Waals surface area contributed by atoms with E-state index in [1.807, 2.05) is 18.2 Å². The summed E-state index contributed by atoms with van der Waals surface area (Å²) in [7, 11) is 0. The van der Waals surface area contributed by atoms with Crippen LogP contribution in [0.15, 0.2) is 54.7 Å². The van der Waals surface area contributed by atoms with Crippen molar-refractivity contribution in [2.45, 2.75) is 0 Å². The zero-order valence-electron chi connectivity index (χ0n) is 12.1. The van der Waals surface area contributed by atoms with Gasteiger partial charge in [-0.25, -0.2) is 9.37 Å². The first-order chi connectivity index (χ1) is 11.2. The van der Waals surface area contributed by atoms with Crippen molar-refractivity contribution in [1.82, 2.24) is 15.3 Å². The third-order valence-electron chi connectivity index (χ3n) is 3.12. The van der Waals surface area contributed by atoms with Crippen molar-refractivity contribution in [2.75, 3.05) is 6.54 Å². The lowest BCUT2D eigenvalue weighted by molar-refractivity contribution is 0.0953. The molecular formula is C18H12FN3O. The number of halogens is 1. The Hall–Kier alpha value is -3.26. The molecule has 3 aromatic rings. The molecule has 0 aliphatic heterocycles. The molecule has 0 saturated heterocycles. The maximum absolute atomic E-state index is 13.4. The van der Waals surface area contributed by atoms with E-state index in [1.165, 1.54) is 12.3 Å². The summed E-state index contributed by atoms with van der Waals surface area (Å²) in [6.07, 6.45) is 1.42. The summed E-state index contributed by atoms with van der Waals surface area (Å²) in [5.41, 5.74) is 1.89. The van der Waals surface area contributed by atoms with Crippen LogP contribution >= 0.6 is 0 Å². The number of nitrogens with one attached hydrogen (secondary N) is 1. The van der Waals surface area contributed by atoms with Crippen molar-refractivity contribution in [3.05, 3.63) is 71.8 Å². The van der Waals surface area contributed by atoms with E-state index in [0.29, 0.717) is 11.1 Å². The minimum absolute atomic E-state index is 0.0989. The summed E-state index contributed by atoms with van der Waals surface area (Å²) < 4.78 is 13.4. The van der Waals surface area contributed by atoms with Crippen LogP contribution in [-0.4, -0.2) is 22.4 Å². The van der Waals surface area contributed by atoms with Crippen molar-refractivity contribution >= 4 is 16.9 Å². The van der Waals surface area contributed by atoms with Crippen molar-refractivity contribution in [3.8, 4) is 11.8 Å². The maximum atomic E-state index is 13.4. The lowest BCUT2D eigenvalue weighted by Crippen LogP contribution is -2.24. The Balaban J connectivity index is 1.66. The predicted octanol–water partition coefficient (Wildman–Crippen LogP) is 2.55. The van der Waals surface area contributed by atoms with Gasteiger partial charge in [0, 0.05) is 0 Å². The Bertz CT molecular complexity index is 928. The molecule has 112 valence electrons. The number of hydrogen-bond acceptors (Lipinski definition) is 3. The average molecular weight is 305 g/mol. The maximum Gasteiger partial charge on any atom is 0.272 e. The molecule has 3 rings (SSSR count). The molecule has 4 nitrogen and oxygen atoms in total. The standard InChI is InChI=1S/C18H12FN3O/c19-14-8-2-1-6-13(14)7-5-11-20-18(23)17-12-21-15-9-3-4-10-16(15)22-17/h1-4,6,8-10,12H,11H2,(H,20,23). The van der Waals surface area contributed by atoms with Gasteiger partial charge in [-0.05, 0) is 24.3 Å². The Morgan fingerprint density at radius 2 is 1.83 bits per heavy atom. The SMILES string of the molecule is O=C(NCC#Cc1ccccc1F)c1cnc2ccccc2n1. The third kappa shape index (κ3) is 3.50. The Morgan fingerprint density at radius 3 is 2.65 bits per heavy atom. The zero-order valence-corrected chi connectivity index (χ0v) is 12.1. The first kappa shape index (κ1) is 14.7. The fourth-order valence-corrected chi connectivity index (χ4v) is 1.98. The molecule has 0 fully saturated rings. The second-order valence-corrected chi connectivity index (χ2v) is 4.71. The molecule has 0 saturated carbocycles. The molecule has 1 aromatic heterocycles. The molecule has 23 heavy (non-hydrogen) atoms. The highest BCUT2D eigenvalue weighted by Crippen LogP contribution is 2.08. The van der Waals surface area contributed by atoms with Crippen molar-refractivity contribution in [1.29, 1.82) is 0 Å². The minimum Gasteiger partial charge on any atom is -0.340 e. The van der Waals surface area contributed by atoms with Gasteiger partial charge in [-0.3, -0.25) is 9.78 Å². The second kappa shape index (κ2) is 6.67. The summed E-state index contributed by atoms with van der Waals surface area (Å²) in [5, 5.41) is 2.62. The van der Waals surface area contributed by atoms with Gasteiger partial charge in [-0.2, -0.15) is 0 Å². The molecule has 5 heteroatoms. The van der Waals surface area contributed by atoms with Gasteiger partial charge >= 0.3 is 0 Å². The first-order valence-electron chi connectivity index (χ1n) is 6.97. The van der Waals surface area contributed by atoms with Gasteiger partial charge in [0.15, 0.2) is 0 Å². The molecule has 1 N–H and O–H groups in total. The van der Waals surface area contributed by atoms with Crippen LogP contribution in [0.5, 0.6) is 0 Å². The average Bonchev–Trinajstić information content (AvgIpc) is 2.59. The van der Waals surface area contributed by atoms with E-state index < -0.39 is 0 Å². The molecule has 0 aliphatic rings. The van der Waals surface area contributed by atoms with E-state index in [9.17, 15) is 9.18 Å². The van der Waals surface area contributed by atoms with Crippen LogP contribution in [0.1, 0.15) is 16.1 Å². The number of hydrogen-bond donors (Lipinski definition) is 1. The molecule has 0 radical (unpaired) electrons. The third-order valence-corrected chi connectivity index (χ3v) is 3.12. The molecule has 0 unspecified atom stereocenters. The van der Waals surface area contributed by atoms with E-state index in [4.69, 9.17) is 0 Å². The van der Waals surface area contributed by atoms with Crippen LogP contribution in [0.2, 0.25) is 0 Å². The minimum atomic E-state index is -0.383. The lowest BCUT2D eigenvalue weighted by atomic mass is 10.2. The number of aromatic nitrogens is 2. The number of rotatable bonds is 2. The quantitative estimate of drug-likeness (QED) is 0.740. The molecule has 1 heterocycles. The number of nitrogens with zero attached hydrogens (tertiary/aromatic N) is 2. The Kier molecular flexibility index (Phi) is 4.25. The highest BCUT2D eigenvalue weighted by Gasteiger charge is 2.07. The number of carbonyl (C=O) groups excluding carboxylic acids is 1. The highest BCUT2D eigenvalue weighted by atomic mass is 19.1. The molecule has 0 aliphatic carbocycles. The summed E-state index contributed by atoms with van der Waals surface area (Å²) >= 11 is 0. The van der Waals surface area contributed by atoms with Crippen LogP contribution in [0.4, 0.5) is 4.39 Å². The van der Waals surface area contributed by atoms with Gasteiger partial charge in [0.1, 0.15) is 11.5 Å². The van der Waals surface area contributed by atoms with Crippen molar-refractivity contribution in [3.63, 3.8) is 0 Å². The molecule has 1 amide bonds. The Morgan fingerprint density at radius 1 is 1.09 bits per heavy atom. The van der Waals surface area contributed by atoms with Crippen LogP contribution in [0.3, 0.4) is 0 Å². The van der Waals surface area contributed by atoms with Crippen LogP contribution in [0.25, 0.3) is 11.0 Å². The molecule has 0 spiro atoms. The number of carbonyl (C=O) groups is 1. The summed E-state index contributed by atoms with van der Waals surface area (Å²) in [4.78, 5) is 20.4. The summed E-state index contributed by atoms with van der Waals surface area (Å²) in [6.45, 7) is 0.0989. The predicted molar refractivity (Wildman–Crippen MR) is 85.1 cm³/mol. The van der Waals surface area contributed by atoms with Gasteiger partial charge in [-0.1, -0.05) is 36.1 Å². The van der Waals surface area contributed by atoms with E-state index in [-0.39, 0.29) is 24.0 Å². The highest BCUT2D eigenvalue weighted by molar-refractivity contribution is 5.93. The van der Waals surface area contributed by atoms with Crippen molar-refractivity contribution < 1.29 is 9.18 Å². The monoisotopic (exact) mass is 305 g/mol. The van der Waals surface area contributed by atoms with Gasteiger partial charge in [0.25, 0.3) is 5.91 Å². The zero-order chi connectivity index (χ0) is 16.1. The largest absolute Gasteiger partial charge is 0.340 e. The molecular weight excluding hydrogens is 293 g/mol. The van der Waals surface area contributed by atoms with E-state index in [1.54, 1.807) is 24.3 Å².